The molecule has 2 aromatic carbocycles. The average molecular weight is 336 g/mol. The summed E-state index contributed by atoms with van der Waals surface area (Å²) in [6.07, 6.45) is 3.03. The van der Waals surface area contributed by atoms with Gasteiger partial charge >= 0.3 is 0 Å². The van der Waals surface area contributed by atoms with Crippen molar-refractivity contribution in [3.8, 4) is 0 Å². The molecule has 0 aliphatic carbocycles. The molecule has 2 unspecified atom stereocenters. The van der Waals surface area contributed by atoms with E-state index in [1.54, 1.807) is 0 Å². The van der Waals surface area contributed by atoms with Crippen LogP contribution < -0.4 is 10.6 Å². The van der Waals surface area contributed by atoms with Gasteiger partial charge in [-0.1, -0.05) is 67.6 Å². The van der Waals surface area contributed by atoms with Crippen LogP contribution in [0.15, 0.2) is 60.7 Å². The quantitative estimate of drug-likeness (QED) is 0.839. The Morgan fingerprint density at radius 2 is 1.68 bits per heavy atom. The molecule has 0 saturated carbocycles. The van der Waals surface area contributed by atoms with E-state index >= 15 is 0 Å². The van der Waals surface area contributed by atoms with Crippen LogP contribution in [0.5, 0.6) is 0 Å². The molecule has 2 aromatic rings. The van der Waals surface area contributed by atoms with E-state index in [1.165, 1.54) is 12.8 Å². The molecule has 132 valence electrons. The minimum absolute atomic E-state index is 0.0911. The highest BCUT2D eigenvalue weighted by Crippen LogP contribution is 2.25. The first-order chi connectivity index (χ1) is 12.2. The topological polar surface area (TPSA) is 41.1 Å². The maximum atomic E-state index is 12.7. The van der Waals surface area contributed by atoms with Crippen LogP contribution in [0.1, 0.15) is 43.4 Å². The highest BCUT2D eigenvalue weighted by Gasteiger charge is 2.23. The summed E-state index contributed by atoms with van der Waals surface area (Å²) in [7, 11) is 0. The molecule has 0 aromatic heterocycles. The van der Waals surface area contributed by atoms with Crippen molar-refractivity contribution in [1.29, 1.82) is 0 Å². The lowest BCUT2D eigenvalue weighted by Crippen LogP contribution is -2.36. The fraction of sp³-hybridized carbons (Fsp3) is 0.409. The van der Waals surface area contributed by atoms with Crippen molar-refractivity contribution in [2.45, 2.75) is 32.2 Å². The minimum Gasteiger partial charge on any atom is -0.345 e. The molecule has 0 bridgehead atoms. The summed E-state index contributed by atoms with van der Waals surface area (Å²) in [6.45, 7) is 4.35. The molecular formula is C22H28N2O. The van der Waals surface area contributed by atoms with Crippen LogP contribution in [0, 0.1) is 11.8 Å². The van der Waals surface area contributed by atoms with E-state index in [9.17, 15) is 4.79 Å². The van der Waals surface area contributed by atoms with Crippen LogP contribution in [0.4, 0.5) is 0 Å². The Hall–Kier alpha value is -2.13. The molecule has 0 radical (unpaired) electrons. The SMILES string of the molecule is CC(CC(=O)NC(c1ccccc1)c1ccccc1)C1CCCNC1. The van der Waals surface area contributed by atoms with Crippen molar-refractivity contribution >= 4 is 5.91 Å². The highest BCUT2D eigenvalue weighted by atomic mass is 16.1. The second-order valence-electron chi connectivity index (χ2n) is 7.11. The molecule has 0 spiro atoms. The van der Waals surface area contributed by atoms with E-state index in [4.69, 9.17) is 0 Å². The van der Waals surface area contributed by atoms with Crippen molar-refractivity contribution in [1.82, 2.24) is 10.6 Å². The number of nitrogens with one attached hydrogen (secondary N) is 2. The maximum Gasteiger partial charge on any atom is 0.221 e. The van der Waals surface area contributed by atoms with Gasteiger partial charge in [0.1, 0.15) is 0 Å². The molecule has 3 rings (SSSR count). The summed E-state index contributed by atoms with van der Waals surface area (Å²) in [6, 6.07) is 20.3. The third-order valence-corrected chi connectivity index (χ3v) is 5.22. The van der Waals surface area contributed by atoms with Gasteiger partial charge in [0, 0.05) is 6.42 Å². The molecule has 1 fully saturated rings. The van der Waals surface area contributed by atoms with Gasteiger partial charge in [-0.2, -0.15) is 0 Å². The normalized spacial score (nSPS) is 18.7. The highest BCUT2D eigenvalue weighted by molar-refractivity contribution is 5.77. The Labute approximate surface area is 150 Å². The van der Waals surface area contributed by atoms with E-state index < -0.39 is 0 Å². The number of piperidine rings is 1. The Bertz CT molecular complexity index is 611. The third kappa shape index (κ3) is 4.93. The molecule has 25 heavy (non-hydrogen) atoms. The maximum absolute atomic E-state index is 12.7. The zero-order valence-electron chi connectivity index (χ0n) is 14.9. The fourth-order valence-corrected chi connectivity index (χ4v) is 3.69. The van der Waals surface area contributed by atoms with E-state index in [1.807, 2.05) is 36.4 Å². The summed E-state index contributed by atoms with van der Waals surface area (Å²) in [5.74, 6) is 1.14. The number of benzene rings is 2. The van der Waals surface area contributed by atoms with Crippen molar-refractivity contribution < 1.29 is 4.79 Å². The second kappa shape index (κ2) is 8.82. The molecule has 1 aliphatic rings. The summed E-state index contributed by atoms with van der Waals surface area (Å²) in [4.78, 5) is 12.7. The van der Waals surface area contributed by atoms with Crippen LogP contribution in [0.2, 0.25) is 0 Å². The van der Waals surface area contributed by atoms with Crippen molar-refractivity contribution in [2.24, 2.45) is 11.8 Å². The molecule has 1 saturated heterocycles. The number of carbonyl (C=O) groups excluding carboxylic acids is 1. The molecule has 1 heterocycles. The molecule has 1 amide bonds. The van der Waals surface area contributed by atoms with Gasteiger partial charge in [-0.25, -0.2) is 0 Å². The van der Waals surface area contributed by atoms with Gasteiger partial charge in [-0.3, -0.25) is 4.79 Å². The number of carbonyl (C=O) groups is 1. The van der Waals surface area contributed by atoms with Gasteiger partial charge in [0.2, 0.25) is 5.91 Å². The van der Waals surface area contributed by atoms with Crippen molar-refractivity contribution in [3.05, 3.63) is 71.8 Å². The minimum atomic E-state index is -0.0911. The molecule has 3 heteroatoms. The first kappa shape index (κ1) is 17.7. The first-order valence-electron chi connectivity index (χ1n) is 9.34. The summed E-state index contributed by atoms with van der Waals surface area (Å²) in [5, 5.41) is 6.71. The van der Waals surface area contributed by atoms with Crippen LogP contribution >= 0.6 is 0 Å². The predicted molar refractivity (Wildman–Crippen MR) is 102 cm³/mol. The van der Waals surface area contributed by atoms with E-state index in [2.05, 4.69) is 41.8 Å². The van der Waals surface area contributed by atoms with Gasteiger partial charge in [0.15, 0.2) is 0 Å². The average Bonchev–Trinajstić information content (AvgIpc) is 2.68. The molecule has 1 aliphatic heterocycles. The summed E-state index contributed by atoms with van der Waals surface area (Å²) < 4.78 is 0. The van der Waals surface area contributed by atoms with Gasteiger partial charge in [0.25, 0.3) is 0 Å². The van der Waals surface area contributed by atoms with Crippen molar-refractivity contribution in [2.75, 3.05) is 13.1 Å². The number of amides is 1. The van der Waals surface area contributed by atoms with Gasteiger partial charge in [-0.15, -0.1) is 0 Å². The van der Waals surface area contributed by atoms with Gasteiger partial charge < -0.3 is 10.6 Å². The third-order valence-electron chi connectivity index (χ3n) is 5.22. The standard InChI is InChI=1S/C22H28N2O/c1-17(20-13-8-14-23-16-20)15-21(25)24-22(18-9-4-2-5-10-18)19-11-6-3-7-12-19/h2-7,9-12,17,20,22-23H,8,13-16H2,1H3,(H,24,25). The van der Waals surface area contributed by atoms with E-state index in [0.717, 1.165) is 24.2 Å². The van der Waals surface area contributed by atoms with Crippen LogP contribution in [0.3, 0.4) is 0 Å². The summed E-state index contributed by atoms with van der Waals surface area (Å²) in [5.41, 5.74) is 2.24. The fourth-order valence-electron chi connectivity index (χ4n) is 3.69. The molecular weight excluding hydrogens is 308 g/mol. The van der Waals surface area contributed by atoms with Crippen LogP contribution in [-0.2, 0) is 4.79 Å². The van der Waals surface area contributed by atoms with Crippen LogP contribution in [-0.4, -0.2) is 19.0 Å². The number of hydrogen-bond donors (Lipinski definition) is 2. The van der Waals surface area contributed by atoms with Crippen LogP contribution in [0.25, 0.3) is 0 Å². The second-order valence-corrected chi connectivity index (χ2v) is 7.11. The lowest BCUT2D eigenvalue weighted by molar-refractivity contribution is -0.122. The van der Waals surface area contributed by atoms with E-state index in [-0.39, 0.29) is 11.9 Å². The zero-order chi connectivity index (χ0) is 17.5. The first-order valence-corrected chi connectivity index (χ1v) is 9.34. The summed E-state index contributed by atoms with van der Waals surface area (Å²) >= 11 is 0. The monoisotopic (exact) mass is 336 g/mol. The van der Waals surface area contributed by atoms with Crippen molar-refractivity contribution in [3.63, 3.8) is 0 Å². The van der Waals surface area contributed by atoms with Gasteiger partial charge in [-0.05, 0) is 48.9 Å². The zero-order valence-corrected chi connectivity index (χ0v) is 14.9. The lowest BCUT2D eigenvalue weighted by Gasteiger charge is -2.28. The van der Waals surface area contributed by atoms with E-state index in [0.29, 0.717) is 18.3 Å². The Kier molecular flexibility index (Phi) is 6.24. The Morgan fingerprint density at radius 1 is 1.08 bits per heavy atom. The Balaban J connectivity index is 1.68. The smallest absolute Gasteiger partial charge is 0.221 e. The number of hydrogen-bond acceptors (Lipinski definition) is 2. The van der Waals surface area contributed by atoms with Gasteiger partial charge in [0.05, 0.1) is 6.04 Å². The largest absolute Gasteiger partial charge is 0.345 e. The lowest BCUT2D eigenvalue weighted by atomic mass is 9.85. The molecule has 2 N–H and O–H groups in total. The Morgan fingerprint density at radius 3 is 2.20 bits per heavy atom. The predicted octanol–water partition coefficient (Wildman–Crippen LogP) is 3.92. The number of rotatable bonds is 6. The molecule has 3 nitrogen and oxygen atoms in total. The molecule has 2 atom stereocenters.